The summed E-state index contributed by atoms with van der Waals surface area (Å²) >= 11 is 1.39. The summed E-state index contributed by atoms with van der Waals surface area (Å²) in [6.45, 7) is 5.57. The standard InChI is InChI=1S/C26H38N4O7S/c1-18-14-20(17-29-27-3)15-19(2)25(18)37-24(33)7-5-6-22(31)28-8-10-35-12-13-36-11-9-30-23(32)16-21(38-4)26(30)34/h14-15,17,21,27H,5-13,16H2,1-4H3,(H,28,31)/b29-17-. The monoisotopic (exact) mass is 550 g/mol. The average Bonchev–Trinajstić information content (AvgIpc) is 3.16. The summed E-state index contributed by atoms with van der Waals surface area (Å²) in [4.78, 5) is 49.3. The van der Waals surface area contributed by atoms with Gasteiger partial charge in [-0.05, 0) is 55.3 Å². The molecule has 0 saturated carbocycles. The minimum atomic E-state index is -0.383. The van der Waals surface area contributed by atoms with Gasteiger partial charge in [-0.1, -0.05) is 0 Å². The van der Waals surface area contributed by atoms with Crippen LogP contribution in [-0.2, 0) is 28.7 Å². The topological polar surface area (TPSA) is 136 Å². The van der Waals surface area contributed by atoms with Crippen LogP contribution in [0.1, 0.15) is 42.4 Å². The zero-order valence-electron chi connectivity index (χ0n) is 22.5. The number of nitrogens with one attached hydrogen (secondary N) is 2. The Hall–Kier alpha value is -2.96. The largest absolute Gasteiger partial charge is 0.426 e. The number of amides is 3. The number of carbonyl (C=O) groups is 4. The molecule has 0 radical (unpaired) electrons. The van der Waals surface area contributed by atoms with Gasteiger partial charge in [-0.2, -0.15) is 16.9 Å². The van der Waals surface area contributed by atoms with Gasteiger partial charge in [0.2, 0.25) is 17.7 Å². The van der Waals surface area contributed by atoms with Crippen molar-refractivity contribution in [2.45, 2.75) is 44.8 Å². The van der Waals surface area contributed by atoms with E-state index in [0.29, 0.717) is 38.5 Å². The predicted octanol–water partition coefficient (Wildman–Crippen LogP) is 1.57. The molecule has 1 atom stereocenters. The summed E-state index contributed by atoms with van der Waals surface area (Å²) < 4.78 is 16.4. The van der Waals surface area contributed by atoms with Crippen LogP contribution in [0.15, 0.2) is 17.2 Å². The summed E-state index contributed by atoms with van der Waals surface area (Å²) in [5.74, 6) is -0.326. The highest BCUT2D eigenvalue weighted by atomic mass is 32.2. The number of rotatable bonds is 17. The van der Waals surface area contributed by atoms with Crippen molar-refractivity contribution in [3.8, 4) is 5.75 Å². The Kier molecular flexibility index (Phi) is 13.8. The lowest BCUT2D eigenvalue weighted by molar-refractivity contribution is -0.139. The van der Waals surface area contributed by atoms with Gasteiger partial charge in [0.05, 0.1) is 44.4 Å². The number of hydrogen-bond donors (Lipinski definition) is 2. The van der Waals surface area contributed by atoms with Gasteiger partial charge in [0.25, 0.3) is 0 Å². The third-order valence-corrected chi connectivity index (χ3v) is 6.65. The Morgan fingerprint density at radius 3 is 2.42 bits per heavy atom. The van der Waals surface area contributed by atoms with Crippen molar-refractivity contribution in [2.24, 2.45) is 5.10 Å². The molecule has 1 fully saturated rings. The smallest absolute Gasteiger partial charge is 0.311 e. The maximum atomic E-state index is 12.2. The van der Waals surface area contributed by atoms with E-state index in [1.165, 1.54) is 16.7 Å². The number of thioether (sulfide) groups is 1. The van der Waals surface area contributed by atoms with Gasteiger partial charge >= 0.3 is 5.97 Å². The van der Waals surface area contributed by atoms with Gasteiger partial charge in [-0.25, -0.2) is 0 Å². The zero-order valence-corrected chi connectivity index (χ0v) is 23.4. The van der Waals surface area contributed by atoms with Crippen molar-refractivity contribution in [3.05, 3.63) is 28.8 Å². The molecule has 1 aromatic carbocycles. The third-order valence-electron chi connectivity index (χ3n) is 5.71. The molecule has 2 N–H and O–H groups in total. The van der Waals surface area contributed by atoms with Crippen LogP contribution in [0.25, 0.3) is 0 Å². The molecule has 38 heavy (non-hydrogen) atoms. The van der Waals surface area contributed by atoms with Crippen LogP contribution in [0.3, 0.4) is 0 Å². The summed E-state index contributed by atoms with van der Waals surface area (Å²) in [6, 6.07) is 3.77. The van der Waals surface area contributed by atoms with Gasteiger partial charge in [-0.3, -0.25) is 24.1 Å². The minimum absolute atomic E-state index is 0.135. The molecule has 2 rings (SSSR count). The van der Waals surface area contributed by atoms with Gasteiger partial charge < -0.3 is 25.0 Å². The summed E-state index contributed by atoms with van der Waals surface area (Å²) in [7, 11) is 1.72. The maximum Gasteiger partial charge on any atom is 0.311 e. The lowest BCUT2D eigenvalue weighted by atomic mass is 10.1. The van der Waals surface area contributed by atoms with Crippen molar-refractivity contribution >= 4 is 41.7 Å². The Balaban J connectivity index is 1.50. The number of nitrogens with zero attached hydrogens (tertiary/aromatic N) is 2. The van der Waals surface area contributed by atoms with Crippen LogP contribution in [0.5, 0.6) is 5.75 Å². The van der Waals surface area contributed by atoms with Crippen LogP contribution in [0, 0.1) is 13.8 Å². The number of hydrazone groups is 1. The molecular weight excluding hydrogens is 512 g/mol. The number of carbonyl (C=O) groups excluding carboxylic acids is 4. The lowest BCUT2D eigenvalue weighted by Gasteiger charge is -2.14. The lowest BCUT2D eigenvalue weighted by Crippen LogP contribution is -2.34. The molecule has 12 heteroatoms. The predicted molar refractivity (Wildman–Crippen MR) is 145 cm³/mol. The fourth-order valence-electron chi connectivity index (χ4n) is 3.82. The van der Waals surface area contributed by atoms with Crippen LogP contribution >= 0.6 is 11.8 Å². The van der Waals surface area contributed by atoms with Crippen LogP contribution in [-0.4, -0.2) is 92.9 Å². The first-order valence-corrected chi connectivity index (χ1v) is 13.9. The highest BCUT2D eigenvalue weighted by Gasteiger charge is 2.37. The quantitative estimate of drug-likeness (QED) is 0.0740. The van der Waals surface area contributed by atoms with E-state index in [4.69, 9.17) is 14.2 Å². The van der Waals surface area contributed by atoms with E-state index in [-0.39, 0.29) is 61.4 Å². The van der Waals surface area contributed by atoms with Gasteiger partial charge in [0.1, 0.15) is 5.75 Å². The first-order chi connectivity index (χ1) is 18.3. The second-order valence-corrected chi connectivity index (χ2v) is 9.72. The fourth-order valence-corrected chi connectivity index (χ4v) is 4.46. The fraction of sp³-hybridized carbons (Fsp3) is 0.577. The van der Waals surface area contributed by atoms with E-state index in [1.807, 2.05) is 32.2 Å². The Morgan fingerprint density at radius 1 is 1.11 bits per heavy atom. The molecule has 1 unspecified atom stereocenters. The molecule has 1 aromatic rings. The van der Waals surface area contributed by atoms with Crippen LogP contribution in [0.2, 0.25) is 0 Å². The van der Waals surface area contributed by atoms with E-state index in [0.717, 1.165) is 16.7 Å². The SMILES string of the molecule is CN/N=C\c1cc(C)c(OC(=O)CCCC(=O)NCCOCCOCCN2C(=O)CC(SC)C2=O)c(C)c1. The van der Waals surface area contributed by atoms with Crippen molar-refractivity contribution in [1.82, 2.24) is 15.6 Å². The van der Waals surface area contributed by atoms with Crippen molar-refractivity contribution in [1.29, 1.82) is 0 Å². The molecule has 1 saturated heterocycles. The van der Waals surface area contributed by atoms with Crippen LogP contribution in [0.4, 0.5) is 0 Å². The van der Waals surface area contributed by atoms with E-state index < -0.39 is 0 Å². The van der Waals surface area contributed by atoms with E-state index >= 15 is 0 Å². The first kappa shape index (κ1) is 31.3. The molecule has 1 aliphatic rings. The highest BCUT2D eigenvalue weighted by molar-refractivity contribution is 8.00. The van der Waals surface area contributed by atoms with E-state index in [2.05, 4.69) is 15.8 Å². The third kappa shape index (κ3) is 10.4. The minimum Gasteiger partial charge on any atom is -0.426 e. The van der Waals surface area contributed by atoms with Gasteiger partial charge in [0.15, 0.2) is 0 Å². The van der Waals surface area contributed by atoms with Crippen molar-refractivity contribution in [3.63, 3.8) is 0 Å². The number of imide groups is 1. The second kappa shape index (κ2) is 16.8. The molecule has 0 aromatic heterocycles. The van der Waals surface area contributed by atoms with Crippen molar-refractivity contribution < 1.29 is 33.4 Å². The second-order valence-electron chi connectivity index (χ2n) is 8.68. The summed E-state index contributed by atoms with van der Waals surface area (Å²) in [5.41, 5.74) is 5.26. The maximum absolute atomic E-state index is 12.2. The van der Waals surface area contributed by atoms with Gasteiger partial charge in [-0.15, -0.1) is 0 Å². The molecule has 3 amide bonds. The van der Waals surface area contributed by atoms with E-state index in [9.17, 15) is 19.2 Å². The average molecular weight is 551 g/mol. The number of hydrogen-bond acceptors (Lipinski definition) is 10. The number of likely N-dealkylation sites (tertiary alicyclic amines) is 1. The molecular formula is C26H38N4O7S. The number of benzene rings is 1. The van der Waals surface area contributed by atoms with Crippen LogP contribution < -0.4 is 15.5 Å². The number of ether oxygens (including phenoxy) is 3. The molecule has 210 valence electrons. The molecule has 11 nitrogen and oxygen atoms in total. The molecule has 0 spiro atoms. The Bertz CT molecular complexity index is 979. The summed E-state index contributed by atoms with van der Waals surface area (Å²) in [5, 5.41) is 6.45. The summed E-state index contributed by atoms with van der Waals surface area (Å²) in [6.07, 6.45) is 4.48. The number of aryl methyl sites for hydroxylation is 2. The Morgan fingerprint density at radius 2 is 1.79 bits per heavy atom. The van der Waals surface area contributed by atoms with Gasteiger partial charge in [0, 0.05) is 32.9 Å². The number of esters is 1. The van der Waals surface area contributed by atoms with Crippen molar-refractivity contribution in [2.75, 3.05) is 52.8 Å². The molecule has 1 aliphatic heterocycles. The molecule has 0 bridgehead atoms. The molecule has 0 aliphatic carbocycles. The highest BCUT2D eigenvalue weighted by Crippen LogP contribution is 2.25. The normalized spacial score (nSPS) is 15.4. The zero-order chi connectivity index (χ0) is 27.9. The Labute approximate surface area is 228 Å². The first-order valence-electron chi connectivity index (χ1n) is 12.6. The van der Waals surface area contributed by atoms with E-state index in [1.54, 1.807) is 13.3 Å². The molecule has 1 heterocycles.